The van der Waals surface area contributed by atoms with E-state index in [2.05, 4.69) is 26.2 Å². The number of aromatic nitrogens is 3. The Hall–Kier alpha value is -1.41. The molecule has 0 aliphatic rings. The van der Waals surface area contributed by atoms with Gasteiger partial charge >= 0.3 is 0 Å². The SMILES string of the molecule is COc1ccccc1S(=O)(=O)Cc1c(Br)nnn1C. The molecule has 0 aliphatic carbocycles. The van der Waals surface area contributed by atoms with E-state index in [0.717, 1.165) is 0 Å². The van der Waals surface area contributed by atoms with Crippen LogP contribution in [0.2, 0.25) is 0 Å². The summed E-state index contributed by atoms with van der Waals surface area (Å²) < 4.78 is 31.8. The van der Waals surface area contributed by atoms with Crippen LogP contribution < -0.4 is 4.74 Å². The van der Waals surface area contributed by atoms with Gasteiger partial charge in [-0.2, -0.15) is 0 Å². The second kappa shape index (κ2) is 5.30. The molecule has 6 nitrogen and oxygen atoms in total. The number of benzene rings is 1. The van der Waals surface area contributed by atoms with Gasteiger partial charge in [0.15, 0.2) is 14.4 Å². The highest BCUT2D eigenvalue weighted by Crippen LogP contribution is 2.27. The van der Waals surface area contributed by atoms with Crippen LogP contribution in [0.3, 0.4) is 0 Å². The van der Waals surface area contributed by atoms with Crippen LogP contribution in [-0.4, -0.2) is 30.5 Å². The van der Waals surface area contributed by atoms with E-state index in [4.69, 9.17) is 4.74 Å². The van der Waals surface area contributed by atoms with Crippen LogP contribution in [0.1, 0.15) is 5.69 Å². The van der Waals surface area contributed by atoms with Gasteiger partial charge in [0.2, 0.25) is 0 Å². The van der Waals surface area contributed by atoms with Crippen molar-refractivity contribution in [3.63, 3.8) is 0 Å². The van der Waals surface area contributed by atoms with E-state index in [1.807, 2.05) is 0 Å². The molecule has 8 heteroatoms. The maximum atomic E-state index is 12.4. The molecule has 1 aromatic heterocycles. The van der Waals surface area contributed by atoms with Crippen LogP contribution in [0.4, 0.5) is 0 Å². The van der Waals surface area contributed by atoms with Crippen molar-refractivity contribution in [3.05, 3.63) is 34.6 Å². The normalized spacial score (nSPS) is 11.5. The molecule has 102 valence electrons. The number of para-hydroxylation sites is 1. The van der Waals surface area contributed by atoms with Gasteiger partial charge in [-0.3, -0.25) is 4.68 Å². The van der Waals surface area contributed by atoms with Crippen molar-refractivity contribution in [2.45, 2.75) is 10.6 Å². The molecule has 0 radical (unpaired) electrons. The molecule has 0 saturated heterocycles. The number of rotatable bonds is 4. The van der Waals surface area contributed by atoms with Crippen LogP contribution in [-0.2, 0) is 22.6 Å². The molecular weight excluding hydrogens is 334 g/mol. The molecule has 0 saturated carbocycles. The number of hydrogen-bond donors (Lipinski definition) is 0. The summed E-state index contributed by atoms with van der Waals surface area (Å²) in [5.41, 5.74) is 0.492. The number of sulfone groups is 1. The summed E-state index contributed by atoms with van der Waals surface area (Å²) in [4.78, 5) is 0.158. The second-order valence-corrected chi connectivity index (χ2v) is 6.57. The molecule has 1 heterocycles. The minimum atomic E-state index is -3.53. The van der Waals surface area contributed by atoms with Gasteiger partial charge in [0.05, 0.1) is 18.6 Å². The first-order valence-corrected chi connectivity index (χ1v) is 7.80. The molecule has 0 fully saturated rings. The first kappa shape index (κ1) is 14.0. The molecule has 2 aromatic rings. The Morgan fingerprint density at radius 2 is 2.05 bits per heavy atom. The summed E-state index contributed by atoms with van der Waals surface area (Å²) in [6.07, 6.45) is 0. The summed E-state index contributed by atoms with van der Waals surface area (Å²) in [6, 6.07) is 6.51. The lowest BCUT2D eigenvalue weighted by Crippen LogP contribution is -2.10. The van der Waals surface area contributed by atoms with Crippen molar-refractivity contribution in [1.29, 1.82) is 0 Å². The highest BCUT2D eigenvalue weighted by atomic mass is 79.9. The largest absolute Gasteiger partial charge is 0.495 e. The summed E-state index contributed by atoms with van der Waals surface area (Å²) >= 11 is 3.19. The molecule has 0 bridgehead atoms. The first-order chi connectivity index (χ1) is 8.95. The molecule has 0 N–H and O–H groups in total. The lowest BCUT2D eigenvalue weighted by Gasteiger charge is -2.09. The van der Waals surface area contributed by atoms with Gasteiger partial charge in [0, 0.05) is 7.05 Å². The minimum Gasteiger partial charge on any atom is -0.495 e. The Labute approximate surface area is 119 Å². The zero-order chi connectivity index (χ0) is 14.0. The molecule has 1 aromatic carbocycles. The topological polar surface area (TPSA) is 74.1 Å². The van der Waals surface area contributed by atoms with E-state index < -0.39 is 9.84 Å². The lowest BCUT2D eigenvalue weighted by atomic mass is 10.3. The second-order valence-electron chi connectivity index (χ2n) is 3.86. The Morgan fingerprint density at radius 1 is 1.37 bits per heavy atom. The summed E-state index contributed by atoms with van der Waals surface area (Å²) in [7, 11) is -0.443. The molecule has 0 aliphatic heterocycles. The van der Waals surface area contributed by atoms with Crippen LogP contribution in [0.5, 0.6) is 5.75 Å². The van der Waals surface area contributed by atoms with E-state index in [1.54, 1.807) is 25.2 Å². The zero-order valence-corrected chi connectivity index (χ0v) is 12.8. The van der Waals surface area contributed by atoms with Gasteiger partial charge in [-0.15, -0.1) is 5.10 Å². The van der Waals surface area contributed by atoms with E-state index in [0.29, 0.717) is 16.0 Å². The van der Waals surface area contributed by atoms with E-state index in [1.165, 1.54) is 17.9 Å². The quantitative estimate of drug-likeness (QED) is 0.840. The van der Waals surface area contributed by atoms with Gasteiger partial charge in [-0.1, -0.05) is 17.3 Å². The van der Waals surface area contributed by atoms with Crippen molar-refractivity contribution in [3.8, 4) is 5.75 Å². The molecule has 19 heavy (non-hydrogen) atoms. The predicted molar refractivity (Wildman–Crippen MR) is 72.6 cm³/mol. The van der Waals surface area contributed by atoms with Crippen molar-refractivity contribution in [1.82, 2.24) is 15.0 Å². The van der Waals surface area contributed by atoms with Crippen LogP contribution in [0.25, 0.3) is 0 Å². The van der Waals surface area contributed by atoms with Gasteiger partial charge < -0.3 is 4.74 Å². The van der Waals surface area contributed by atoms with Crippen molar-refractivity contribution in [2.24, 2.45) is 7.05 Å². The summed E-state index contributed by atoms with van der Waals surface area (Å²) in [6.45, 7) is 0. The third-order valence-corrected chi connectivity index (χ3v) is 4.90. The Kier molecular flexibility index (Phi) is 3.91. The molecule has 2 rings (SSSR count). The fraction of sp³-hybridized carbons (Fsp3) is 0.273. The number of methoxy groups -OCH3 is 1. The van der Waals surface area contributed by atoms with Gasteiger partial charge in [-0.25, -0.2) is 8.42 Å². The number of ether oxygens (including phenoxy) is 1. The van der Waals surface area contributed by atoms with Crippen molar-refractivity contribution < 1.29 is 13.2 Å². The average molecular weight is 346 g/mol. The first-order valence-electron chi connectivity index (χ1n) is 5.35. The molecule has 0 atom stereocenters. The van der Waals surface area contributed by atoms with E-state index in [-0.39, 0.29) is 10.6 Å². The van der Waals surface area contributed by atoms with Gasteiger partial charge in [-0.05, 0) is 28.1 Å². The van der Waals surface area contributed by atoms with E-state index >= 15 is 0 Å². The Bertz CT molecular complexity index is 677. The zero-order valence-electron chi connectivity index (χ0n) is 10.4. The number of halogens is 1. The summed E-state index contributed by atoms with van der Waals surface area (Å²) in [5.74, 6) is 0.131. The van der Waals surface area contributed by atoms with Gasteiger partial charge in [0.1, 0.15) is 10.6 Å². The third-order valence-electron chi connectivity index (χ3n) is 2.63. The minimum absolute atomic E-state index is 0.158. The maximum absolute atomic E-state index is 12.4. The average Bonchev–Trinajstić information content (AvgIpc) is 2.70. The fourth-order valence-electron chi connectivity index (χ4n) is 1.64. The monoisotopic (exact) mass is 345 g/mol. The predicted octanol–water partition coefficient (Wildman–Crippen LogP) is 1.56. The molecular formula is C11H12BrN3O3S. The number of aryl methyl sites for hydroxylation is 1. The lowest BCUT2D eigenvalue weighted by molar-refractivity contribution is 0.402. The van der Waals surface area contributed by atoms with Gasteiger partial charge in [0.25, 0.3) is 0 Å². The number of nitrogens with zero attached hydrogens (tertiary/aromatic N) is 3. The Morgan fingerprint density at radius 3 is 2.63 bits per heavy atom. The third kappa shape index (κ3) is 2.79. The molecule has 0 amide bonds. The highest BCUT2D eigenvalue weighted by molar-refractivity contribution is 9.10. The molecule has 0 spiro atoms. The fourth-order valence-corrected chi connectivity index (χ4v) is 3.87. The molecule has 0 unspecified atom stereocenters. The van der Waals surface area contributed by atoms with E-state index in [9.17, 15) is 8.42 Å². The standard InChI is InChI=1S/C11H12BrN3O3S/c1-15-8(11(12)13-14-15)7-19(16,17)10-6-4-3-5-9(10)18-2/h3-6H,7H2,1-2H3. The van der Waals surface area contributed by atoms with Crippen LogP contribution in [0.15, 0.2) is 33.8 Å². The number of hydrogen-bond acceptors (Lipinski definition) is 5. The van der Waals surface area contributed by atoms with Crippen molar-refractivity contribution in [2.75, 3.05) is 7.11 Å². The van der Waals surface area contributed by atoms with Crippen LogP contribution >= 0.6 is 15.9 Å². The maximum Gasteiger partial charge on any atom is 0.187 e. The smallest absolute Gasteiger partial charge is 0.187 e. The Balaban J connectivity index is 2.44. The van der Waals surface area contributed by atoms with Crippen LogP contribution in [0, 0.1) is 0 Å². The summed E-state index contributed by atoms with van der Waals surface area (Å²) in [5, 5.41) is 7.53. The van der Waals surface area contributed by atoms with Crippen molar-refractivity contribution >= 4 is 25.8 Å². The highest BCUT2D eigenvalue weighted by Gasteiger charge is 2.23.